The van der Waals surface area contributed by atoms with Crippen molar-refractivity contribution in [1.29, 1.82) is 0 Å². The molecule has 27 heavy (non-hydrogen) atoms. The molecule has 3 aromatic rings. The minimum absolute atomic E-state index is 0.109. The van der Waals surface area contributed by atoms with Crippen molar-refractivity contribution in [2.75, 3.05) is 6.54 Å². The van der Waals surface area contributed by atoms with Crippen molar-refractivity contribution in [1.82, 2.24) is 19.7 Å². The number of ether oxygens (including phenoxy) is 1. The van der Waals surface area contributed by atoms with Crippen molar-refractivity contribution in [2.24, 2.45) is 12.8 Å². The molecule has 1 fully saturated rings. The van der Waals surface area contributed by atoms with Crippen molar-refractivity contribution in [3.05, 3.63) is 52.9 Å². The summed E-state index contributed by atoms with van der Waals surface area (Å²) < 4.78 is 21.5. The van der Waals surface area contributed by atoms with Crippen LogP contribution in [0.25, 0.3) is 11.4 Å². The highest BCUT2D eigenvalue weighted by Crippen LogP contribution is 2.41. The molecule has 0 unspecified atom stereocenters. The molecule has 6 nitrogen and oxygen atoms in total. The Labute approximate surface area is 161 Å². The van der Waals surface area contributed by atoms with Gasteiger partial charge in [-0.3, -0.25) is 0 Å². The molecule has 1 atom stereocenters. The van der Waals surface area contributed by atoms with Gasteiger partial charge in [-0.05, 0) is 25.0 Å². The van der Waals surface area contributed by atoms with Crippen molar-refractivity contribution >= 4 is 11.6 Å². The first-order valence-electron chi connectivity index (χ1n) is 8.73. The number of alkyl halides is 1. The van der Waals surface area contributed by atoms with Gasteiger partial charge in [-0.15, -0.1) is 0 Å². The number of nitrogens with zero attached hydrogens (tertiary/aromatic N) is 4. The van der Waals surface area contributed by atoms with Crippen LogP contribution >= 0.6 is 11.6 Å². The first-order chi connectivity index (χ1) is 13.0. The minimum Gasteiger partial charge on any atom is -0.438 e. The first-order valence-corrected chi connectivity index (χ1v) is 9.10. The predicted octanol–water partition coefficient (Wildman–Crippen LogP) is 4.17. The summed E-state index contributed by atoms with van der Waals surface area (Å²) in [7, 11) is 1.84. The fourth-order valence-electron chi connectivity index (χ4n) is 2.80. The predicted molar refractivity (Wildman–Crippen MR) is 101 cm³/mol. The Balaban J connectivity index is 1.66. The number of nitrogens with two attached hydrogens (primary N) is 1. The quantitative estimate of drug-likeness (QED) is 0.686. The van der Waals surface area contributed by atoms with E-state index in [4.69, 9.17) is 22.1 Å². The molecule has 2 heterocycles. The molecule has 1 aromatic carbocycles. The number of aromatic nitrogens is 4. The number of aryl methyl sites for hydroxylation is 1. The maximum atomic E-state index is 13.7. The van der Waals surface area contributed by atoms with Crippen molar-refractivity contribution < 1.29 is 9.13 Å². The van der Waals surface area contributed by atoms with E-state index in [1.54, 1.807) is 22.9 Å². The van der Waals surface area contributed by atoms with Crippen molar-refractivity contribution in [2.45, 2.75) is 24.9 Å². The maximum Gasteiger partial charge on any atom is 0.217 e. The average Bonchev–Trinajstić information content (AvgIpc) is 3.46. The van der Waals surface area contributed by atoms with Crippen LogP contribution in [0, 0.1) is 0 Å². The highest BCUT2D eigenvalue weighted by Gasteiger charge is 2.27. The van der Waals surface area contributed by atoms with Gasteiger partial charge >= 0.3 is 0 Å². The van der Waals surface area contributed by atoms with Gasteiger partial charge in [-0.25, -0.2) is 19.0 Å². The van der Waals surface area contributed by atoms with E-state index in [1.807, 2.05) is 13.1 Å². The van der Waals surface area contributed by atoms with Gasteiger partial charge in [0.15, 0.2) is 5.82 Å². The van der Waals surface area contributed by atoms with Crippen LogP contribution < -0.4 is 10.5 Å². The third-order valence-corrected chi connectivity index (χ3v) is 4.73. The topological polar surface area (TPSA) is 78.8 Å². The third-order valence-electron chi connectivity index (χ3n) is 4.49. The summed E-state index contributed by atoms with van der Waals surface area (Å²) in [6, 6.07) is 7.16. The van der Waals surface area contributed by atoms with Crippen LogP contribution in [0.4, 0.5) is 4.39 Å². The summed E-state index contributed by atoms with van der Waals surface area (Å²) in [5.41, 5.74) is 7.38. The normalized spacial score (nSPS) is 15.0. The Bertz CT molecular complexity index is 955. The molecule has 1 aliphatic rings. The molecule has 0 bridgehead atoms. The highest BCUT2D eigenvalue weighted by atomic mass is 35.5. The number of benzene rings is 1. The molecule has 1 saturated carbocycles. The second-order valence-electron chi connectivity index (χ2n) is 6.59. The van der Waals surface area contributed by atoms with Crippen LogP contribution in [-0.4, -0.2) is 26.3 Å². The summed E-state index contributed by atoms with van der Waals surface area (Å²) in [6.07, 6.45) is 3.92. The Hall–Kier alpha value is -2.51. The van der Waals surface area contributed by atoms with Gasteiger partial charge in [-0.2, -0.15) is 5.10 Å². The molecule has 140 valence electrons. The van der Waals surface area contributed by atoms with Gasteiger partial charge in [0, 0.05) is 54.6 Å². The van der Waals surface area contributed by atoms with E-state index >= 15 is 0 Å². The number of hydrogen-bond donors (Lipinski definition) is 1. The molecule has 0 aliphatic heterocycles. The van der Waals surface area contributed by atoms with Gasteiger partial charge in [0.2, 0.25) is 5.88 Å². The molecule has 0 spiro atoms. The Kier molecular flexibility index (Phi) is 4.80. The van der Waals surface area contributed by atoms with Gasteiger partial charge in [0.25, 0.3) is 0 Å². The summed E-state index contributed by atoms with van der Waals surface area (Å²) >= 11 is 6.15. The Morgan fingerprint density at radius 3 is 2.70 bits per heavy atom. The summed E-state index contributed by atoms with van der Waals surface area (Å²) in [5, 5.41) is 5.04. The standard InChI is InChI=1S/C19H19ClFN5O/c1-26-18(7-16(25-26)11-2-3-11)27-17-6-13(20)4-5-14(17)19-23-9-12(10-24-19)15(21)8-22/h4-7,9-11,15H,2-3,8,22H2,1H3/t15-/m0/s1. The number of halogens is 2. The summed E-state index contributed by atoms with van der Waals surface area (Å²) in [5.74, 6) is 2.07. The lowest BCUT2D eigenvalue weighted by molar-refractivity contribution is 0.351. The Morgan fingerprint density at radius 2 is 2.04 bits per heavy atom. The van der Waals surface area contributed by atoms with Gasteiger partial charge in [-0.1, -0.05) is 11.6 Å². The molecular weight excluding hydrogens is 369 g/mol. The van der Waals surface area contributed by atoms with Crippen LogP contribution in [0.2, 0.25) is 5.02 Å². The fraction of sp³-hybridized carbons (Fsp3) is 0.316. The van der Waals surface area contributed by atoms with Crippen LogP contribution in [0.1, 0.15) is 36.2 Å². The summed E-state index contributed by atoms with van der Waals surface area (Å²) in [4.78, 5) is 8.53. The van der Waals surface area contributed by atoms with Gasteiger partial charge in [0.05, 0.1) is 11.3 Å². The lowest BCUT2D eigenvalue weighted by atomic mass is 10.1. The third kappa shape index (κ3) is 3.79. The molecule has 0 saturated heterocycles. The van der Waals surface area contributed by atoms with Crippen molar-refractivity contribution in [3.8, 4) is 23.0 Å². The van der Waals surface area contributed by atoms with E-state index in [0.717, 1.165) is 18.5 Å². The average molecular weight is 388 g/mol. The summed E-state index contributed by atoms with van der Waals surface area (Å²) in [6.45, 7) is -0.109. The Morgan fingerprint density at radius 1 is 1.30 bits per heavy atom. The zero-order valence-corrected chi connectivity index (χ0v) is 15.5. The fourth-order valence-corrected chi connectivity index (χ4v) is 2.96. The maximum absolute atomic E-state index is 13.7. The van der Waals surface area contributed by atoms with E-state index in [0.29, 0.717) is 39.5 Å². The van der Waals surface area contributed by atoms with Crippen molar-refractivity contribution in [3.63, 3.8) is 0 Å². The van der Waals surface area contributed by atoms with Gasteiger partial charge in [0.1, 0.15) is 11.9 Å². The van der Waals surface area contributed by atoms with Crippen LogP contribution in [0.3, 0.4) is 0 Å². The molecule has 0 radical (unpaired) electrons. The second-order valence-corrected chi connectivity index (χ2v) is 7.03. The molecule has 0 amide bonds. The molecule has 2 N–H and O–H groups in total. The highest BCUT2D eigenvalue weighted by molar-refractivity contribution is 6.30. The van der Waals surface area contributed by atoms with Crippen LogP contribution in [-0.2, 0) is 7.05 Å². The molecule has 8 heteroatoms. The zero-order valence-electron chi connectivity index (χ0n) is 14.8. The van der Waals surface area contributed by atoms with E-state index in [-0.39, 0.29) is 6.54 Å². The first kappa shape index (κ1) is 17.9. The lowest BCUT2D eigenvalue weighted by Gasteiger charge is -2.11. The number of hydrogen-bond acceptors (Lipinski definition) is 5. The number of rotatable bonds is 6. The minimum atomic E-state index is -1.28. The SMILES string of the molecule is Cn1nc(C2CC2)cc1Oc1cc(Cl)ccc1-c1ncc([C@@H](F)CN)cn1. The lowest BCUT2D eigenvalue weighted by Crippen LogP contribution is -2.08. The van der Waals surface area contributed by atoms with Gasteiger partial charge < -0.3 is 10.5 Å². The molecular formula is C19H19ClFN5O. The molecule has 1 aliphatic carbocycles. The van der Waals surface area contributed by atoms with E-state index in [2.05, 4.69) is 15.1 Å². The second kappa shape index (κ2) is 7.25. The van der Waals surface area contributed by atoms with E-state index in [1.165, 1.54) is 12.4 Å². The molecule has 2 aromatic heterocycles. The van der Waals surface area contributed by atoms with Crippen LogP contribution in [0.5, 0.6) is 11.6 Å². The van der Waals surface area contributed by atoms with Crippen LogP contribution in [0.15, 0.2) is 36.7 Å². The van der Waals surface area contributed by atoms with E-state index < -0.39 is 6.17 Å². The molecule has 4 rings (SSSR count). The zero-order chi connectivity index (χ0) is 19.0. The smallest absolute Gasteiger partial charge is 0.217 e. The van der Waals surface area contributed by atoms with E-state index in [9.17, 15) is 4.39 Å². The monoisotopic (exact) mass is 387 g/mol. The largest absolute Gasteiger partial charge is 0.438 e.